The minimum absolute atomic E-state index is 0.277. The summed E-state index contributed by atoms with van der Waals surface area (Å²) in [5, 5.41) is 3.56. The molecule has 1 N–H and O–H groups in total. The van der Waals surface area contributed by atoms with Crippen LogP contribution in [0.1, 0.15) is 33.6 Å². The van der Waals surface area contributed by atoms with E-state index in [1.165, 1.54) is 0 Å². The standard InChI is InChI=1S/C12H22N2O2/c1-8(2)14-7-10(6-12(14)15)13-11-4-5-16-9(11)3/h8-11,13H,4-7H2,1-3H3. The van der Waals surface area contributed by atoms with Crippen molar-refractivity contribution < 1.29 is 9.53 Å². The van der Waals surface area contributed by atoms with Gasteiger partial charge in [-0.2, -0.15) is 0 Å². The Bertz CT molecular complexity index is 268. The highest BCUT2D eigenvalue weighted by Gasteiger charge is 2.34. The number of rotatable bonds is 3. The van der Waals surface area contributed by atoms with E-state index in [4.69, 9.17) is 4.74 Å². The summed E-state index contributed by atoms with van der Waals surface area (Å²) in [7, 11) is 0. The second kappa shape index (κ2) is 4.72. The highest BCUT2D eigenvalue weighted by molar-refractivity contribution is 5.79. The third-order valence-electron chi connectivity index (χ3n) is 3.61. The Kier molecular flexibility index (Phi) is 3.50. The van der Waals surface area contributed by atoms with E-state index in [2.05, 4.69) is 26.1 Å². The fourth-order valence-electron chi connectivity index (χ4n) is 2.60. The van der Waals surface area contributed by atoms with Crippen LogP contribution in [0.3, 0.4) is 0 Å². The molecule has 4 nitrogen and oxygen atoms in total. The molecule has 16 heavy (non-hydrogen) atoms. The van der Waals surface area contributed by atoms with Crippen molar-refractivity contribution in [1.29, 1.82) is 0 Å². The molecule has 0 bridgehead atoms. The summed E-state index contributed by atoms with van der Waals surface area (Å²) in [5.41, 5.74) is 0. The van der Waals surface area contributed by atoms with Gasteiger partial charge in [-0.3, -0.25) is 4.79 Å². The highest BCUT2D eigenvalue weighted by Crippen LogP contribution is 2.18. The van der Waals surface area contributed by atoms with E-state index in [0.29, 0.717) is 24.5 Å². The maximum atomic E-state index is 11.7. The zero-order valence-corrected chi connectivity index (χ0v) is 10.4. The van der Waals surface area contributed by atoms with Gasteiger partial charge < -0.3 is 15.0 Å². The first-order valence-corrected chi connectivity index (χ1v) is 6.25. The largest absolute Gasteiger partial charge is 0.377 e. The second-order valence-corrected chi connectivity index (χ2v) is 5.18. The smallest absolute Gasteiger partial charge is 0.224 e. The van der Waals surface area contributed by atoms with Gasteiger partial charge in [-0.15, -0.1) is 0 Å². The fraction of sp³-hybridized carbons (Fsp3) is 0.917. The lowest BCUT2D eigenvalue weighted by Gasteiger charge is -2.23. The lowest BCUT2D eigenvalue weighted by atomic mass is 10.1. The van der Waals surface area contributed by atoms with Gasteiger partial charge in [-0.1, -0.05) is 0 Å². The number of carbonyl (C=O) groups is 1. The molecule has 2 aliphatic rings. The van der Waals surface area contributed by atoms with Crippen molar-refractivity contribution in [3.05, 3.63) is 0 Å². The van der Waals surface area contributed by atoms with E-state index < -0.39 is 0 Å². The number of amides is 1. The normalized spacial score (nSPS) is 35.4. The summed E-state index contributed by atoms with van der Waals surface area (Å²) in [5.74, 6) is 0.277. The summed E-state index contributed by atoms with van der Waals surface area (Å²) in [6, 6.07) is 1.05. The van der Waals surface area contributed by atoms with Crippen LogP contribution in [0.5, 0.6) is 0 Å². The first-order chi connectivity index (χ1) is 7.58. The van der Waals surface area contributed by atoms with E-state index >= 15 is 0 Å². The molecule has 0 saturated carbocycles. The topological polar surface area (TPSA) is 41.6 Å². The monoisotopic (exact) mass is 226 g/mol. The van der Waals surface area contributed by atoms with Crippen LogP contribution in [0, 0.1) is 0 Å². The van der Waals surface area contributed by atoms with Crippen LogP contribution in [-0.4, -0.2) is 48.2 Å². The summed E-state index contributed by atoms with van der Waals surface area (Å²) < 4.78 is 5.52. The zero-order valence-electron chi connectivity index (χ0n) is 10.4. The van der Waals surface area contributed by atoms with Crippen LogP contribution in [0.4, 0.5) is 0 Å². The van der Waals surface area contributed by atoms with Crippen LogP contribution in [0.25, 0.3) is 0 Å². The Hall–Kier alpha value is -0.610. The van der Waals surface area contributed by atoms with Gasteiger partial charge in [-0.25, -0.2) is 0 Å². The lowest BCUT2D eigenvalue weighted by molar-refractivity contribution is -0.129. The summed E-state index contributed by atoms with van der Waals surface area (Å²) in [4.78, 5) is 13.7. The molecule has 0 radical (unpaired) electrons. The van der Waals surface area contributed by atoms with Crippen LogP contribution >= 0.6 is 0 Å². The molecule has 0 aromatic rings. The molecular formula is C12H22N2O2. The maximum Gasteiger partial charge on any atom is 0.224 e. The third kappa shape index (κ3) is 2.38. The van der Waals surface area contributed by atoms with Crippen molar-refractivity contribution >= 4 is 5.91 Å². The molecule has 2 rings (SSSR count). The summed E-state index contributed by atoms with van der Waals surface area (Å²) >= 11 is 0. The van der Waals surface area contributed by atoms with Crippen LogP contribution in [0.15, 0.2) is 0 Å². The van der Waals surface area contributed by atoms with E-state index in [1.54, 1.807) is 0 Å². The number of hydrogen-bond acceptors (Lipinski definition) is 3. The van der Waals surface area contributed by atoms with Crippen molar-refractivity contribution in [2.24, 2.45) is 0 Å². The zero-order chi connectivity index (χ0) is 11.7. The van der Waals surface area contributed by atoms with Gasteiger partial charge in [0.1, 0.15) is 0 Å². The number of nitrogens with one attached hydrogen (secondary N) is 1. The predicted octanol–water partition coefficient (Wildman–Crippen LogP) is 0.763. The van der Waals surface area contributed by atoms with Crippen molar-refractivity contribution in [2.45, 2.75) is 57.8 Å². The van der Waals surface area contributed by atoms with E-state index in [0.717, 1.165) is 19.6 Å². The molecule has 1 amide bonds. The Balaban J connectivity index is 1.86. The van der Waals surface area contributed by atoms with Gasteiger partial charge in [0.2, 0.25) is 5.91 Å². The number of nitrogens with zero attached hydrogens (tertiary/aromatic N) is 1. The number of likely N-dealkylation sites (tertiary alicyclic amines) is 1. The Morgan fingerprint density at radius 1 is 1.50 bits per heavy atom. The molecule has 0 aliphatic carbocycles. The molecule has 0 spiro atoms. The van der Waals surface area contributed by atoms with Crippen molar-refractivity contribution in [1.82, 2.24) is 10.2 Å². The summed E-state index contributed by atoms with van der Waals surface area (Å²) in [6.45, 7) is 7.93. The Labute approximate surface area is 97.3 Å². The fourth-order valence-corrected chi connectivity index (χ4v) is 2.60. The average Bonchev–Trinajstić information content (AvgIpc) is 2.75. The molecule has 3 atom stereocenters. The number of ether oxygens (including phenoxy) is 1. The Morgan fingerprint density at radius 3 is 2.75 bits per heavy atom. The van der Waals surface area contributed by atoms with Crippen molar-refractivity contribution in [3.8, 4) is 0 Å². The molecule has 4 heteroatoms. The highest BCUT2D eigenvalue weighted by atomic mass is 16.5. The third-order valence-corrected chi connectivity index (χ3v) is 3.61. The molecule has 2 fully saturated rings. The van der Waals surface area contributed by atoms with Crippen molar-refractivity contribution in [3.63, 3.8) is 0 Å². The minimum Gasteiger partial charge on any atom is -0.377 e. The van der Waals surface area contributed by atoms with Crippen LogP contribution < -0.4 is 5.32 Å². The minimum atomic E-state index is 0.277. The molecule has 0 aromatic heterocycles. The van der Waals surface area contributed by atoms with E-state index in [1.807, 2.05) is 4.90 Å². The molecule has 2 aliphatic heterocycles. The number of hydrogen-bond donors (Lipinski definition) is 1. The average molecular weight is 226 g/mol. The Morgan fingerprint density at radius 2 is 2.25 bits per heavy atom. The van der Waals surface area contributed by atoms with Gasteiger partial charge in [0.15, 0.2) is 0 Å². The second-order valence-electron chi connectivity index (χ2n) is 5.18. The van der Waals surface area contributed by atoms with Crippen LogP contribution in [-0.2, 0) is 9.53 Å². The van der Waals surface area contributed by atoms with Gasteiger partial charge in [0.05, 0.1) is 6.10 Å². The van der Waals surface area contributed by atoms with Crippen molar-refractivity contribution in [2.75, 3.05) is 13.2 Å². The molecule has 92 valence electrons. The molecule has 2 heterocycles. The maximum absolute atomic E-state index is 11.7. The molecule has 3 unspecified atom stereocenters. The van der Waals surface area contributed by atoms with Gasteiger partial charge in [-0.05, 0) is 27.2 Å². The lowest BCUT2D eigenvalue weighted by Crippen LogP contribution is -2.44. The SMILES string of the molecule is CC1OCCC1NC1CC(=O)N(C(C)C)C1. The summed E-state index contributed by atoms with van der Waals surface area (Å²) in [6.07, 6.45) is 1.98. The van der Waals surface area contributed by atoms with Gasteiger partial charge in [0.25, 0.3) is 0 Å². The first kappa shape index (κ1) is 11.9. The van der Waals surface area contributed by atoms with E-state index in [-0.39, 0.29) is 12.0 Å². The van der Waals surface area contributed by atoms with Gasteiger partial charge >= 0.3 is 0 Å². The van der Waals surface area contributed by atoms with Gasteiger partial charge in [0, 0.05) is 37.7 Å². The molecule has 0 aromatic carbocycles. The first-order valence-electron chi connectivity index (χ1n) is 6.25. The molecular weight excluding hydrogens is 204 g/mol. The van der Waals surface area contributed by atoms with Crippen LogP contribution in [0.2, 0.25) is 0 Å². The van der Waals surface area contributed by atoms with E-state index in [9.17, 15) is 4.79 Å². The predicted molar refractivity (Wildman–Crippen MR) is 62.2 cm³/mol. The number of carbonyl (C=O) groups excluding carboxylic acids is 1. The quantitative estimate of drug-likeness (QED) is 0.772. The molecule has 2 saturated heterocycles.